The highest BCUT2D eigenvalue weighted by atomic mass is 19.1. The summed E-state index contributed by atoms with van der Waals surface area (Å²) < 4.78 is 26.2. The third-order valence-electron chi connectivity index (χ3n) is 5.17. The zero-order valence-corrected chi connectivity index (χ0v) is 16.4. The van der Waals surface area contributed by atoms with E-state index in [4.69, 9.17) is 14.3 Å². The van der Waals surface area contributed by atoms with Gasteiger partial charge in [-0.25, -0.2) is 9.18 Å². The molecule has 0 saturated carbocycles. The lowest BCUT2D eigenvalue weighted by Gasteiger charge is -2.31. The second-order valence-electron chi connectivity index (χ2n) is 7.05. The summed E-state index contributed by atoms with van der Waals surface area (Å²) in [7, 11) is 2.94. The Morgan fingerprint density at radius 2 is 1.82 bits per heavy atom. The second-order valence-corrected chi connectivity index (χ2v) is 7.05. The number of rotatable bonds is 7. The van der Waals surface area contributed by atoms with E-state index in [0.29, 0.717) is 0 Å². The highest BCUT2D eigenvalue weighted by Crippen LogP contribution is 2.44. The van der Waals surface area contributed by atoms with E-state index in [1.165, 1.54) is 12.2 Å². The predicted octanol–water partition coefficient (Wildman–Crippen LogP) is 3.85. The number of hydroxylamine groups is 2. The Hall–Kier alpha value is -2.28. The number of hydrogen-bond acceptors (Lipinski definition) is 5. The first-order valence-corrected chi connectivity index (χ1v) is 9.33. The third kappa shape index (κ3) is 4.09. The third-order valence-corrected chi connectivity index (χ3v) is 5.17. The lowest BCUT2D eigenvalue weighted by atomic mass is 9.86. The number of benzene rings is 2. The fraction of sp³-hybridized carbons (Fsp3) is 0.409. The maximum Gasteiger partial charge on any atom is 0.343 e. The molecule has 6 heteroatoms. The maximum absolute atomic E-state index is 15.6. The molecule has 0 amide bonds. The number of halogens is 1. The molecule has 1 aliphatic heterocycles. The van der Waals surface area contributed by atoms with Crippen molar-refractivity contribution in [2.45, 2.75) is 43.9 Å². The van der Waals surface area contributed by atoms with Gasteiger partial charge in [0, 0.05) is 13.5 Å². The molecule has 1 fully saturated rings. The Morgan fingerprint density at radius 3 is 2.43 bits per heavy atom. The number of carbonyl (C=O) groups is 1. The molecule has 28 heavy (non-hydrogen) atoms. The van der Waals surface area contributed by atoms with E-state index >= 15 is 4.39 Å². The number of hydrogen-bond donors (Lipinski definition) is 0. The normalized spacial score (nSPS) is 24.6. The van der Waals surface area contributed by atoms with Gasteiger partial charge in [-0.1, -0.05) is 60.7 Å². The summed E-state index contributed by atoms with van der Waals surface area (Å²) in [4.78, 5) is 18.4. The molecule has 5 nitrogen and oxygen atoms in total. The first-order chi connectivity index (χ1) is 13.5. The highest BCUT2D eigenvalue weighted by Gasteiger charge is 2.59. The van der Waals surface area contributed by atoms with Crippen LogP contribution in [0.4, 0.5) is 4.39 Å². The van der Waals surface area contributed by atoms with E-state index in [1.54, 1.807) is 14.0 Å². The second kappa shape index (κ2) is 8.82. The molecule has 150 valence electrons. The number of alkyl halides is 1. The largest absolute Gasteiger partial charge is 0.467 e. The molecule has 1 heterocycles. The molecular weight excluding hydrogens is 361 g/mol. The molecule has 0 N–H and O–H groups in total. The number of carbonyl (C=O) groups excluding carboxylic acids is 1. The number of esters is 1. The van der Waals surface area contributed by atoms with Crippen LogP contribution in [0, 0.1) is 0 Å². The predicted molar refractivity (Wildman–Crippen MR) is 103 cm³/mol. The van der Waals surface area contributed by atoms with Gasteiger partial charge in [-0.2, -0.15) is 5.06 Å². The summed E-state index contributed by atoms with van der Waals surface area (Å²) in [5.74, 6) is -0.736. The molecule has 0 unspecified atom stereocenters. The topological polar surface area (TPSA) is 48.0 Å². The van der Waals surface area contributed by atoms with Crippen molar-refractivity contribution >= 4 is 5.97 Å². The summed E-state index contributed by atoms with van der Waals surface area (Å²) in [6.07, 6.45) is -2.41. The van der Waals surface area contributed by atoms with Gasteiger partial charge in [-0.3, -0.25) is 4.84 Å². The zero-order chi connectivity index (χ0) is 20.1. The Morgan fingerprint density at radius 1 is 1.21 bits per heavy atom. The van der Waals surface area contributed by atoms with Crippen LogP contribution in [0.5, 0.6) is 0 Å². The van der Waals surface area contributed by atoms with Crippen molar-refractivity contribution in [2.24, 2.45) is 0 Å². The van der Waals surface area contributed by atoms with Gasteiger partial charge >= 0.3 is 5.97 Å². The summed E-state index contributed by atoms with van der Waals surface area (Å²) in [6.45, 7) is 1.86. The van der Waals surface area contributed by atoms with E-state index in [0.717, 1.165) is 11.1 Å². The molecule has 0 aliphatic carbocycles. The Bertz CT molecular complexity index is 773. The summed E-state index contributed by atoms with van der Waals surface area (Å²) in [5.41, 5.74) is 0.126. The molecule has 0 spiro atoms. The molecule has 0 radical (unpaired) electrons. The lowest BCUT2D eigenvalue weighted by molar-refractivity contribution is -0.235. The van der Waals surface area contributed by atoms with E-state index in [2.05, 4.69) is 0 Å². The summed E-state index contributed by atoms with van der Waals surface area (Å²) in [5, 5.41) is 1.53. The lowest BCUT2D eigenvalue weighted by Crippen LogP contribution is -2.53. The fourth-order valence-corrected chi connectivity index (χ4v) is 3.61. The average Bonchev–Trinajstić information content (AvgIpc) is 3.10. The van der Waals surface area contributed by atoms with Gasteiger partial charge < -0.3 is 9.47 Å². The van der Waals surface area contributed by atoms with Crippen LogP contribution in [0.25, 0.3) is 0 Å². The van der Waals surface area contributed by atoms with Gasteiger partial charge in [0.2, 0.25) is 5.60 Å². The van der Waals surface area contributed by atoms with Gasteiger partial charge in [0.15, 0.2) is 6.17 Å². The Labute approximate surface area is 165 Å². The first kappa shape index (κ1) is 20.5. The van der Waals surface area contributed by atoms with Crippen LogP contribution in [0.15, 0.2) is 60.7 Å². The average molecular weight is 387 g/mol. The molecule has 2 aromatic carbocycles. The monoisotopic (exact) mass is 387 g/mol. The molecule has 1 saturated heterocycles. The van der Waals surface area contributed by atoms with Crippen molar-refractivity contribution in [1.82, 2.24) is 5.06 Å². The molecular formula is C22H26FNO4. The van der Waals surface area contributed by atoms with Crippen LogP contribution in [0.2, 0.25) is 0 Å². The van der Waals surface area contributed by atoms with Crippen LogP contribution in [0.3, 0.4) is 0 Å². The van der Waals surface area contributed by atoms with Crippen LogP contribution >= 0.6 is 0 Å². The quantitative estimate of drug-likeness (QED) is 0.676. The van der Waals surface area contributed by atoms with Crippen LogP contribution < -0.4 is 0 Å². The highest BCUT2D eigenvalue weighted by molar-refractivity contribution is 5.81. The van der Waals surface area contributed by atoms with Crippen molar-refractivity contribution < 1.29 is 23.5 Å². The Balaban J connectivity index is 1.78. The van der Waals surface area contributed by atoms with Crippen LogP contribution in [-0.2, 0) is 25.7 Å². The molecule has 3 rings (SSSR count). The van der Waals surface area contributed by atoms with Gasteiger partial charge in [0.25, 0.3) is 0 Å². The van der Waals surface area contributed by atoms with Crippen molar-refractivity contribution in [3.63, 3.8) is 0 Å². The summed E-state index contributed by atoms with van der Waals surface area (Å²) >= 11 is 0. The van der Waals surface area contributed by atoms with Crippen molar-refractivity contribution in [3.05, 3.63) is 71.8 Å². The smallest absolute Gasteiger partial charge is 0.343 e. The van der Waals surface area contributed by atoms with Crippen molar-refractivity contribution in [1.29, 1.82) is 0 Å². The van der Waals surface area contributed by atoms with E-state index < -0.39 is 23.8 Å². The van der Waals surface area contributed by atoms with E-state index in [1.807, 2.05) is 60.7 Å². The minimum atomic E-state index is -1.75. The van der Waals surface area contributed by atoms with Crippen molar-refractivity contribution in [2.75, 3.05) is 14.2 Å². The number of nitrogens with zero attached hydrogens (tertiary/aromatic N) is 1. The Kier molecular flexibility index (Phi) is 6.44. The maximum atomic E-state index is 15.6. The number of methoxy groups -OCH3 is 1. The minimum Gasteiger partial charge on any atom is -0.467 e. The first-order valence-electron chi connectivity index (χ1n) is 9.33. The standard InChI is InChI=1S/C22H26FNO4/c1-16(27-15-17-10-6-4-7-11-17)20(23)22(21(25)26-3)14-19(24(2)28-22)18-12-8-5-9-13-18/h4-13,16,19-20H,14-15H2,1-3H3/t16-,19+,20+,22-/m0/s1. The van der Waals surface area contributed by atoms with Gasteiger partial charge in [-0.05, 0) is 18.1 Å². The van der Waals surface area contributed by atoms with Crippen LogP contribution in [-0.4, -0.2) is 43.1 Å². The number of ether oxygens (including phenoxy) is 2. The molecule has 0 aromatic heterocycles. The zero-order valence-electron chi connectivity index (χ0n) is 16.4. The SMILES string of the molecule is COC(=O)[C@@]1([C@H](F)[C@H](C)OCc2ccccc2)C[C@H](c2ccccc2)N(C)O1. The minimum absolute atomic E-state index is 0.139. The van der Waals surface area contributed by atoms with Gasteiger partial charge in [-0.15, -0.1) is 0 Å². The molecule has 1 aliphatic rings. The van der Waals surface area contributed by atoms with Crippen LogP contribution in [0.1, 0.15) is 30.5 Å². The molecule has 4 atom stereocenters. The molecule has 2 aromatic rings. The molecule has 0 bridgehead atoms. The van der Waals surface area contributed by atoms with E-state index in [9.17, 15) is 4.79 Å². The van der Waals surface area contributed by atoms with E-state index in [-0.39, 0.29) is 19.1 Å². The van der Waals surface area contributed by atoms with Gasteiger partial charge in [0.1, 0.15) is 0 Å². The van der Waals surface area contributed by atoms with Gasteiger partial charge in [0.05, 0.1) is 25.9 Å². The summed E-state index contributed by atoms with van der Waals surface area (Å²) in [6, 6.07) is 18.8. The van der Waals surface area contributed by atoms with Crippen molar-refractivity contribution in [3.8, 4) is 0 Å². The fourth-order valence-electron chi connectivity index (χ4n) is 3.61.